The highest BCUT2D eigenvalue weighted by atomic mass is 16.5. The molecule has 134 valence electrons. The fourth-order valence-electron chi connectivity index (χ4n) is 3.22. The van der Waals surface area contributed by atoms with Crippen molar-refractivity contribution in [3.8, 4) is 0 Å². The molecule has 0 aliphatic carbocycles. The summed E-state index contributed by atoms with van der Waals surface area (Å²) in [6.07, 6.45) is 5.17. The molecule has 1 aliphatic rings. The van der Waals surface area contributed by atoms with Crippen LogP contribution in [0.4, 0.5) is 0 Å². The maximum absolute atomic E-state index is 12.7. The summed E-state index contributed by atoms with van der Waals surface area (Å²) in [5, 5.41) is 0. The van der Waals surface area contributed by atoms with Crippen molar-refractivity contribution in [2.45, 2.75) is 31.9 Å². The Morgan fingerprint density at radius 1 is 1.44 bits per heavy atom. The molecule has 0 unspecified atom stereocenters. The van der Waals surface area contributed by atoms with Crippen LogP contribution >= 0.6 is 0 Å². The zero-order chi connectivity index (χ0) is 17.8. The first kappa shape index (κ1) is 17.2. The zero-order valence-corrected chi connectivity index (χ0v) is 14.2. The van der Waals surface area contributed by atoms with Gasteiger partial charge in [-0.15, -0.1) is 0 Å². The maximum Gasteiger partial charge on any atom is 0.289 e. The summed E-state index contributed by atoms with van der Waals surface area (Å²) in [6, 6.07) is 3.42. The molecule has 8 heteroatoms. The Kier molecular flexibility index (Phi) is 5.18. The van der Waals surface area contributed by atoms with Crippen LogP contribution in [0.25, 0.3) is 0 Å². The van der Waals surface area contributed by atoms with E-state index in [0.717, 1.165) is 18.7 Å². The monoisotopic (exact) mass is 346 g/mol. The highest BCUT2D eigenvalue weighted by Gasteiger charge is 2.29. The van der Waals surface area contributed by atoms with Gasteiger partial charge in [-0.25, -0.2) is 4.98 Å². The lowest BCUT2D eigenvalue weighted by Gasteiger charge is -2.32. The van der Waals surface area contributed by atoms with Crippen molar-refractivity contribution in [2.75, 3.05) is 20.2 Å². The number of furan rings is 1. The number of nitrogens with zero attached hydrogens (tertiary/aromatic N) is 3. The van der Waals surface area contributed by atoms with Crippen molar-refractivity contribution in [3.05, 3.63) is 41.9 Å². The van der Waals surface area contributed by atoms with Crippen molar-refractivity contribution in [1.29, 1.82) is 0 Å². The SMILES string of the molecule is COCc1ccc(C(=O)N2CCC[C@@H](c3nccn3CC(N)=O)C2)o1. The zero-order valence-electron chi connectivity index (χ0n) is 14.2. The number of piperidine rings is 1. The molecule has 0 spiro atoms. The van der Waals surface area contributed by atoms with Crippen molar-refractivity contribution < 1.29 is 18.7 Å². The van der Waals surface area contributed by atoms with Gasteiger partial charge >= 0.3 is 0 Å². The minimum Gasteiger partial charge on any atom is -0.453 e. The number of primary amides is 1. The number of hydrogen-bond acceptors (Lipinski definition) is 5. The molecular formula is C17H22N4O4. The number of amides is 2. The van der Waals surface area contributed by atoms with Gasteiger partial charge in [0.2, 0.25) is 5.91 Å². The topological polar surface area (TPSA) is 104 Å². The second-order valence-electron chi connectivity index (χ2n) is 6.17. The van der Waals surface area contributed by atoms with Crippen molar-refractivity contribution in [3.63, 3.8) is 0 Å². The van der Waals surface area contributed by atoms with E-state index in [1.807, 2.05) is 0 Å². The molecule has 2 N–H and O–H groups in total. The van der Waals surface area contributed by atoms with Gasteiger partial charge in [0.05, 0.1) is 0 Å². The van der Waals surface area contributed by atoms with Crippen molar-refractivity contribution >= 4 is 11.8 Å². The van der Waals surface area contributed by atoms with Crippen LogP contribution < -0.4 is 5.73 Å². The smallest absolute Gasteiger partial charge is 0.289 e. The molecule has 3 heterocycles. The Labute approximate surface area is 145 Å². The molecule has 2 amide bonds. The Hall–Kier alpha value is -2.61. The Morgan fingerprint density at radius 3 is 3.04 bits per heavy atom. The van der Waals surface area contributed by atoms with Gasteiger partial charge in [0.25, 0.3) is 5.91 Å². The van der Waals surface area contributed by atoms with E-state index in [1.54, 1.807) is 41.1 Å². The summed E-state index contributed by atoms with van der Waals surface area (Å²) < 4.78 is 12.3. The Bertz CT molecular complexity index is 751. The number of hydrogen-bond donors (Lipinski definition) is 1. The van der Waals surface area contributed by atoms with Gasteiger partial charge in [0, 0.05) is 38.5 Å². The third-order valence-electron chi connectivity index (χ3n) is 4.31. The Morgan fingerprint density at radius 2 is 2.28 bits per heavy atom. The van der Waals surface area contributed by atoms with Crippen LogP contribution in [-0.4, -0.2) is 46.5 Å². The minimum absolute atomic E-state index is 0.0699. The summed E-state index contributed by atoms with van der Waals surface area (Å²) in [5.41, 5.74) is 5.29. The summed E-state index contributed by atoms with van der Waals surface area (Å²) in [7, 11) is 1.58. The van der Waals surface area contributed by atoms with E-state index >= 15 is 0 Å². The first-order valence-corrected chi connectivity index (χ1v) is 8.24. The molecule has 0 bridgehead atoms. The average Bonchev–Trinajstić information content (AvgIpc) is 3.24. The van der Waals surface area contributed by atoms with E-state index in [0.29, 0.717) is 31.2 Å². The van der Waals surface area contributed by atoms with E-state index in [2.05, 4.69) is 4.98 Å². The number of aromatic nitrogens is 2. The second-order valence-corrected chi connectivity index (χ2v) is 6.17. The van der Waals surface area contributed by atoms with Crippen LogP contribution in [0.3, 0.4) is 0 Å². The van der Waals surface area contributed by atoms with Gasteiger partial charge in [-0.2, -0.15) is 0 Å². The highest BCUT2D eigenvalue weighted by Crippen LogP contribution is 2.27. The lowest BCUT2D eigenvalue weighted by molar-refractivity contribution is -0.118. The van der Waals surface area contributed by atoms with E-state index in [1.165, 1.54) is 0 Å². The van der Waals surface area contributed by atoms with Crippen LogP contribution in [0.2, 0.25) is 0 Å². The number of carbonyl (C=O) groups excluding carboxylic acids is 2. The first-order chi connectivity index (χ1) is 12.1. The van der Waals surface area contributed by atoms with Gasteiger partial charge < -0.3 is 24.4 Å². The van der Waals surface area contributed by atoms with E-state index in [9.17, 15) is 9.59 Å². The van der Waals surface area contributed by atoms with Crippen LogP contribution in [-0.2, 0) is 22.7 Å². The van der Waals surface area contributed by atoms with Gasteiger partial charge in [0.1, 0.15) is 24.7 Å². The van der Waals surface area contributed by atoms with Crippen LogP contribution in [0.1, 0.15) is 40.9 Å². The third-order valence-corrected chi connectivity index (χ3v) is 4.31. The summed E-state index contributed by atoms with van der Waals surface area (Å²) >= 11 is 0. The third kappa shape index (κ3) is 3.90. The standard InChI is InChI=1S/C17H22N4O4/c1-24-11-13-4-5-14(25-13)17(23)21-7-2-3-12(9-21)16-19-6-8-20(16)10-15(18)22/h4-6,8,12H,2-3,7,9-11H2,1H3,(H2,18,22)/t12-/m1/s1. The number of rotatable bonds is 6. The molecule has 2 aromatic rings. The number of likely N-dealkylation sites (tertiary alicyclic amines) is 1. The fourth-order valence-corrected chi connectivity index (χ4v) is 3.22. The van der Waals surface area contributed by atoms with Gasteiger partial charge in [-0.1, -0.05) is 0 Å². The molecule has 25 heavy (non-hydrogen) atoms. The molecule has 1 fully saturated rings. The Balaban J connectivity index is 1.71. The summed E-state index contributed by atoms with van der Waals surface area (Å²) in [4.78, 5) is 30.0. The largest absolute Gasteiger partial charge is 0.453 e. The predicted molar refractivity (Wildman–Crippen MR) is 88.7 cm³/mol. The van der Waals surface area contributed by atoms with Gasteiger partial charge in [0.15, 0.2) is 5.76 Å². The molecule has 1 aliphatic heterocycles. The number of carbonyl (C=O) groups is 2. The molecule has 3 rings (SSSR count). The number of nitrogens with two attached hydrogens (primary N) is 1. The molecule has 0 aromatic carbocycles. The summed E-state index contributed by atoms with van der Waals surface area (Å²) in [6.45, 7) is 1.64. The maximum atomic E-state index is 12.7. The van der Waals surface area contributed by atoms with E-state index in [-0.39, 0.29) is 18.4 Å². The molecule has 0 saturated carbocycles. The van der Waals surface area contributed by atoms with E-state index in [4.69, 9.17) is 14.9 Å². The normalized spacial score (nSPS) is 17.6. The average molecular weight is 346 g/mol. The lowest BCUT2D eigenvalue weighted by atomic mass is 9.97. The molecular weight excluding hydrogens is 324 g/mol. The molecule has 1 atom stereocenters. The molecule has 8 nitrogen and oxygen atoms in total. The number of ether oxygens (including phenoxy) is 1. The van der Waals surface area contributed by atoms with Gasteiger partial charge in [-0.05, 0) is 25.0 Å². The van der Waals surface area contributed by atoms with Crippen LogP contribution in [0, 0.1) is 0 Å². The highest BCUT2D eigenvalue weighted by molar-refractivity contribution is 5.91. The fraction of sp³-hybridized carbons (Fsp3) is 0.471. The molecule has 0 radical (unpaired) electrons. The number of methoxy groups -OCH3 is 1. The molecule has 2 aromatic heterocycles. The quantitative estimate of drug-likeness (QED) is 0.844. The lowest BCUT2D eigenvalue weighted by Crippen LogP contribution is -2.39. The minimum atomic E-state index is -0.413. The van der Waals surface area contributed by atoms with Crippen LogP contribution in [0.5, 0.6) is 0 Å². The molecule has 1 saturated heterocycles. The number of imidazole rings is 1. The first-order valence-electron chi connectivity index (χ1n) is 8.24. The van der Waals surface area contributed by atoms with E-state index < -0.39 is 5.91 Å². The second kappa shape index (κ2) is 7.52. The van der Waals surface area contributed by atoms with Gasteiger partial charge in [-0.3, -0.25) is 9.59 Å². The predicted octanol–water partition coefficient (Wildman–Crippen LogP) is 1.13. The summed E-state index contributed by atoms with van der Waals surface area (Å²) in [5.74, 6) is 1.24. The van der Waals surface area contributed by atoms with Crippen LogP contribution in [0.15, 0.2) is 28.9 Å². The van der Waals surface area contributed by atoms with Crippen molar-refractivity contribution in [1.82, 2.24) is 14.5 Å². The van der Waals surface area contributed by atoms with Crippen molar-refractivity contribution in [2.24, 2.45) is 5.73 Å².